The van der Waals surface area contributed by atoms with E-state index >= 15 is 0 Å². The van der Waals surface area contributed by atoms with E-state index in [0.717, 1.165) is 5.56 Å². The van der Waals surface area contributed by atoms with Gasteiger partial charge >= 0.3 is 0 Å². The number of nitrogens with one attached hydrogen (secondary N) is 1. The highest BCUT2D eigenvalue weighted by Crippen LogP contribution is 2.26. The van der Waals surface area contributed by atoms with Gasteiger partial charge in [-0.25, -0.2) is 8.42 Å². The first kappa shape index (κ1) is 15.1. The molecule has 0 unspecified atom stereocenters. The molecule has 0 fully saturated rings. The SMILES string of the molecule is NCc1ccc(S(=O)(=O)Nc2ccc(Cl)c(Cl)c2)cc1. The van der Waals surface area contributed by atoms with Crippen LogP contribution in [-0.4, -0.2) is 8.42 Å². The average Bonchev–Trinajstić information content (AvgIpc) is 2.43. The molecule has 2 rings (SSSR count). The Kier molecular flexibility index (Phi) is 4.55. The Bertz CT molecular complexity index is 716. The molecule has 0 aliphatic rings. The Morgan fingerprint density at radius 1 is 1.00 bits per heavy atom. The molecular formula is C13H12Cl2N2O2S. The molecule has 3 N–H and O–H groups in total. The molecule has 0 amide bonds. The van der Waals surface area contributed by atoms with E-state index < -0.39 is 10.0 Å². The monoisotopic (exact) mass is 330 g/mol. The van der Waals surface area contributed by atoms with Crippen LogP contribution in [0.25, 0.3) is 0 Å². The lowest BCUT2D eigenvalue weighted by Crippen LogP contribution is -2.13. The van der Waals surface area contributed by atoms with Crippen LogP contribution in [0.3, 0.4) is 0 Å². The molecule has 20 heavy (non-hydrogen) atoms. The maximum atomic E-state index is 12.2. The van der Waals surface area contributed by atoms with Crippen LogP contribution < -0.4 is 10.5 Å². The molecular weight excluding hydrogens is 319 g/mol. The number of anilines is 1. The van der Waals surface area contributed by atoms with Crippen LogP contribution in [0.1, 0.15) is 5.56 Å². The Hall–Kier alpha value is -1.27. The van der Waals surface area contributed by atoms with E-state index in [2.05, 4.69) is 4.72 Å². The van der Waals surface area contributed by atoms with Crippen LogP contribution in [-0.2, 0) is 16.6 Å². The molecule has 0 heterocycles. The van der Waals surface area contributed by atoms with Crippen molar-refractivity contribution in [3.63, 3.8) is 0 Å². The lowest BCUT2D eigenvalue weighted by molar-refractivity contribution is 0.601. The number of hydrogen-bond acceptors (Lipinski definition) is 3. The molecule has 4 nitrogen and oxygen atoms in total. The largest absolute Gasteiger partial charge is 0.326 e. The minimum absolute atomic E-state index is 0.153. The third kappa shape index (κ3) is 3.43. The van der Waals surface area contributed by atoms with Gasteiger partial charge in [0.1, 0.15) is 0 Å². The van der Waals surface area contributed by atoms with Crippen molar-refractivity contribution in [1.29, 1.82) is 0 Å². The standard InChI is InChI=1S/C13H12Cl2N2O2S/c14-12-6-3-10(7-13(12)15)17-20(18,19)11-4-1-9(8-16)2-5-11/h1-7,17H,8,16H2. The Morgan fingerprint density at radius 3 is 2.20 bits per heavy atom. The molecule has 0 aromatic heterocycles. The lowest BCUT2D eigenvalue weighted by Gasteiger charge is -2.09. The summed E-state index contributed by atoms with van der Waals surface area (Å²) in [6.07, 6.45) is 0. The van der Waals surface area contributed by atoms with Crippen molar-refractivity contribution < 1.29 is 8.42 Å². The zero-order valence-corrected chi connectivity index (χ0v) is 12.6. The van der Waals surface area contributed by atoms with E-state index in [0.29, 0.717) is 17.3 Å². The van der Waals surface area contributed by atoms with Crippen LogP contribution in [0.5, 0.6) is 0 Å². The highest BCUT2D eigenvalue weighted by atomic mass is 35.5. The molecule has 0 bridgehead atoms. The van der Waals surface area contributed by atoms with Crippen molar-refractivity contribution in [3.8, 4) is 0 Å². The minimum Gasteiger partial charge on any atom is -0.326 e. The Labute approximate surface area is 127 Å². The highest BCUT2D eigenvalue weighted by Gasteiger charge is 2.14. The molecule has 0 spiro atoms. The molecule has 7 heteroatoms. The van der Waals surface area contributed by atoms with Gasteiger partial charge in [-0.15, -0.1) is 0 Å². The Morgan fingerprint density at radius 2 is 1.65 bits per heavy atom. The van der Waals surface area contributed by atoms with E-state index in [1.54, 1.807) is 18.2 Å². The van der Waals surface area contributed by atoms with Crippen molar-refractivity contribution in [2.24, 2.45) is 5.73 Å². The smallest absolute Gasteiger partial charge is 0.261 e. The molecule has 0 atom stereocenters. The summed E-state index contributed by atoms with van der Waals surface area (Å²) in [5, 5.41) is 0.646. The number of benzene rings is 2. The third-order valence-electron chi connectivity index (χ3n) is 2.64. The van der Waals surface area contributed by atoms with Crippen LogP contribution in [0, 0.1) is 0 Å². The van der Waals surface area contributed by atoms with E-state index in [1.807, 2.05) is 0 Å². The fourth-order valence-corrected chi connectivity index (χ4v) is 2.93. The predicted molar refractivity (Wildman–Crippen MR) is 81.6 cm³/mol. The van der Waals surface area contributed by atoms with E-state index in [-0.39, 0.29) is 9.92 Å². The summed E-state index contributed by atoms with van der Waals surface area (Å²) in [4.78, 5) is 0.153. The lowest BCUT2D eigenvalue weighted by atomic mass is 10.2. The van der Waals surface area contributed by atoms with Crippen LogP contribution in [0.4, 0.5) is 5.69 Å². The quantitative estimate of drug-likeness (QED) is 0.903. The zero-order valence-electron chi connectivity index (χ0n) is 10.3. The second kappa shape index (κ2) is 6.01. The molecule has 0 aliphatic carbocycles. The number of halogens is 2. The minimum atomic E-state index is -3.66. The van der Waals surface area contributed by atoms with Crippen molar-refractivity contribution in [1.82, 2.24) is 0 Å². The molecule has 2 aromatic rings. The summed E-state index contributed by atoms with van der Waals surface area (Å²) in [6, 6.07) is 10.9. The summed E-state index contributed by atoms with van der Waals surface area (Å²) in [5.41, 5.74) is 6.68. The summed E-state index contributed by atoms with van der Waals surface area (Å²) in [6.45, 7) is 0.362. The molecule has 0 saturated heterocycles. The van der Waals surface area contributed by atoms with E-state index in [9.17, 15) is 8.42 Å². The first-order chi connectivity index (χ1) is 9.42. The predicted octanol–water partition coefficient (Wildman–Crippen LogP) is 3.25. The van der Waals surface area contributed by atoms with E-state index in [1.165, 1.54) is 24.3 Å². The van der Waals surface area contributed by atoms with Gasteiger partial charge in [-0.2, -0.15) is 0 Å². The van der Waals surface area contributed by atoms with Gasteiger partial charge in [0.2, 0.25) is 0 Å². The first-order valence-electron chi connectivity index (χ1n) is 5.69. The highest BCUT2D eigenvalue weighted by molar-refractivity contribution is 7.92. The number of sulfonamides is 1. The number of rotatable bonds is 4. The molecule has 0 aliphatic heterocycles. The van der Waals surface area contributed by atoms with Gasteiger partial charge in [0, 0.05) is 6.54 Å². The zero-order chi connectivity index (χ0) is 14.8. The van der Waals surface area contributed by atoms with Crippen LogP contribution >= 0.6 is 23.2 Å². The van der Waals surface area contributed by atoms with Crippen molar-refractivity contribution in [3.05, 3.63) is 58.1 Å². The first-order valence-corrected chi connectivity index (χ1v) is 7.93. The van der Waals surface area contributed by atoms with Gasteiger partial charge in [-0.3, -0.25) is 4.72 Å². The second-order valence-corrected chi connectivity index (χ2v) is 6.58. The van der Waals surface area contributed by atoms with Gasteiger partial charge in [0.05, 0.1) is 20.6 Å². The third-order valence-corrected chi connectivity index (χ3v) is 4.78. The Balaban J connectivity index is 2.27. The van der Waals surface area contributed by atoms with Crippen LogP contribution in [0.15, 0.2) is 47.4 Å². The maximum Gasteiger partial charge on any atom is 0.261 e. The fourth-order valence-electron chi connectivity index (χ4n) is 1.58. The van der Waals surface area contributed by atoms with Crippen LogP contribution in [0.2, 0.25) is 10.0 Å². The average molecular weight is 331 g/mol. The molecule has 0 saturated carbocycles. The van der Waals surface area contributed by atoms with Gasteiger partial charge < -0.3 is 5.73 Å². The number of nitrogens with two attached hydrogens (primary N) is 1. The summed E-state index contributed by atoms with van der Waals surface area (Å²) in [5.74, 6) is 0. The maximum absolute atomic E-state index is 12.2. The summed E-state index contributed by atoms with van der Waals surface area (Å²) in [7, 11) is -3.66. The molecule has 106 valence electrons. The second-order valence-electron chi connectivity index (χ2n) is 4.08. The number of hydrogen-bond donors (Lipinski definition) is 2. The van der Waals surface area contributed by atoms with Crippen molar-refractivity contribution >= 4 is 38.9 Å². The van der Waals surface area contributed by atoms with Gasteiger partial charge in [-0.05, 0) is 35.9 Å². The summed E-state index contributed by atoms with van der Waals surface area (Å²) >= 11 is 11.6. The van der Waals surface area contributed by atoms with Gasteiger partial charge in [0.25, 0.3) is 10.0 Å². The van der Waals surface area contributed by atoms with Gasteiger partial charge in [0.15, 0.2) is 0 Å². The summed E-state index contributed by atoms with van der Waals surface area (Å²) < 4.78 is 26.8. The molecule has 2 aromatic carbocycles. The van der Waals surface area contributed by atoms with Gasteiger partial charge in [-0.1, -0.05) is 35.3 Å². The fraction of sp³-hybridized carbons (Fsp3) is 0.0769. The van der Waals surface area contributed by atoms with Crippen molar-refractivity contribution in [2.75, 3.05) is 4.72 Å². The van der Waals surface area contributed by atoms with Crippen molar-refractivity contribution in [2.45, 2.75) is 11.4 Å². The van der Waals surface area contributed by atoms with E-state index in [4.69, 9.17) is 28.9 Å². The molecule has 0 radical (unpaired) electrons. The normalized spacial score (nSPS) is 11.3. The topological polar surface area (TPSA) is 72.2 Å².